The van der Waals surface area contributed by atoms with Gasteiger partial charge in [-0.3, -0.25) is 4.79 Å². The molecule has 2 heterocycles. The zero-order chi connectivity index (χ0) is 18.8. The van der Waals surface area contributed by atoms with E-state index in [0.717, 1.165) is 42.4 Å². The summed E-state index contributed by atoms with van der Waals surface area (Å²) in [6.45, 7) is 1.63. The number of fused-ring (bicyclic) bond motifs is 1. The van der Waals surface area contributed by atoms with Gasteiger partial charge < -0.3 is 14.4 Å². The zero-order valence-corrected chi connectivity index (χ0v) is 15.6. The smallest absolute Gasteiger partial charge is 0.254 e. The Morgan fingerprint density at radius 3 is 2.52 bits per heavy atom. The molecule has 4 rings (SSSR count). The maximum atomic E-state index is 13.2. The monoisotopic (exact) mass is 362 g/mol. The average molecular weight is 362 g/mol. The fraction of sp³-hybridized carbons (Fsp3) is 0.273. The maximum absolute atomic E-state index is 13.2. The molecule has 27 heavy (non-hydrogen) atoms. The van der Waals surface area contributed by atoms with E-state index in [9.17, 15) is 4.79 Å². The predicted octanol–water partition coefficient (Wildman–Crippen LogP) is 4.16. The van der Waals surface area contributed by atoms with Crippen LogP contribution in [0.2, 0.25) is 0 Å². The van der Waals surface area contributed by atoms with Crippen LogP contribution in [0.25, 0.3) is 22.2 Å². The lowest BCUT2D eigenvalue weighted by Crippen LogP contribution is -2.27. The molecule has 0 radical (unpaired) electrons. The maximum Gasteiger partial charge on any atom is 0.254 e. The number of likely N-dealkylation sites (tertiary alicyclic amines) is 1. The summed E-state index contributed by atoms with van der Waals surface area (Å²) in [5, 5.41) is 0.875. The minimum absolute atomic E-state index is 0.0641. The molecule has 1 amide bonds. The van der Waals surface area contributed by atoms with Gasteiger partial charge in [-0.2, -0.15) is 0 Å². The van der Waals surface area contributed by atoms with Crippen molar-refractivity contribution in [3.05, 3.63) is 54.1 Å². The summed E-state index contributed by atoms with van der Waals surface area (Å²) in [7, 11) is 3.25. The number of para-hydroxylation sites is 1. The number of amides is 1. The number of aromatic nitrogens is 1. The van der Waals surface area contributed by atoms with Crippen LogP contribution in [0.4, 0.5) is 0 Å². The van der Waals surface area contributed by atoms with Gasteiger partial charge in [0.15, 0.2) is 0 Å². The van der Waals surface area contributed by atoms with E-state index in [2.05, 4.69) is 0 Å². The number of ether oxygens (including phenoxy) is 2. The van der Waals surface area contributed by atoms with E-state index in [1.165, 1.54) is 0 Å². The number of hydrogen-bond acceptors (Lipinski definition) is 4. The van der Waals surface area contributed by atoms with Crippen LogP contribution in [-0.2, 0) is 0 Å². The fourth-order valence-corrected chi connectivity index (χ4v) is 3.60. The molecule has 0 bridgehead atoms. The topological polar surface area (TPSA) is 51.7 Å². The van der Waals surface area contributed by atoms with Gasteiger partial charge >= 0.3 is 0 Å². The summed E-state index contributed by atoms with van der Waals surface area (Å²) in [5.74, 6) is 1.47. The number of benzene rings is 2. The van der Waals surface area contributed by atoms with E-state index in [0.29, 0.717) is 22.8 Å². The Morgan fingerprint density at radius 2 is 1.78 bits per heavy atom. The van der Waals surface area contributed by atoms with Crippen molar-refractivity contribution in [1.82, 2.24) is 9.88 Å². The lowest BCUT2D eigenvalue weighted by molar-refractivity contribution is 0.0794. The molecule has 0 N–H and O–H groups in total. The summed E-state index contributed by atoms with van der Waals surface area (Å²) < 4.78 is 10.9. The van der Waals surface area contributed by atoms with E-state index < -0.39 is 0 Å². The zero-order valence-electron chi connectivity index (χ0n) is 15.6. The molecular formula is C22H22N2O3. The average Bonchev–Trinajstić information content (AvgIpc) is 3.26. The van der Waals surface area contributed by atoms with E-state index in [1.807, 2.05) is 53.4 Å². The molecule has 5 heteroatoms. The number of rotatable bonds is 4. The SMILES string of the molecule is COc1ccc(OC)c(-c2cc(C(=O)N3CCCC3)c3ccccc3n2)c1. The van der Waals surface area contributed by atoms with Crippen molar-refractivity contribution >= 4 is 16.8 Å². The standard InChI is InChI=1S/C22H22N2O3/c1-26-15-9-10-21(27-2)18(13-15)20-14-17(22(25)24-11-5-6-12-24)16-7-3-4-8-19(16)23-20/h3-4,7-10,13-14H,5-6,11-12H2,1-2H3. The number of pyridine rings is 1. The molecule has 1 aliphatic rings. The molecule has 1 aliphatic heterocycles. The molecule has 1 saturated heterocycles. The molecule has 1 fully saturated rings. The van der Waals surface area contributed by atoms with Crippen LogP contribution < -0.4 is 9.47 Å². The third kappa shape index (κ3) is 3.21. The van der Waals surface area contributed by atoms with E-state index in [1.54, 1.807) is 14.2 Å². The number of hydrogen-bond donors (Lipinski definition) is 0. The Labute approximate surface area is 158 Å². The van der Waals surface area contributed by atoms with Crippen molar-refractivity contribution in [2.75, 3.05) is 27.3 Å². The van der Waals surface area contributed by atoms with Crippen LogP contribution in [0, 0.1) is 0 Å². The van der Waals surface area contributed by atoms with Gasteiger partial charge in [-0.15, -0.1) is 0 Å². The molecule has 2 aromatic carbocycles. The van der Waals surface area contributed by atoms with Gasteiger partial charge in [0.1, 0.15) is 11.5 Å². The highest BCUT2D eigenvalue weighted by Crippen LogP contribution is 2.34. The Kier molecular flexibility index (Phi) is 4.67. The lowest BCUT2D eigenvalue weighted by atomic mass is 10.0. The van der Waals surface area contributed by atoms with Crippen molar-refractivity contribution in [2.24, 2.45) is 0 Å². The van der Waals surface area contributed by atoms with E-state index in [4.69, 9.17) is 14.5 Å². The summed E-state index contributed by atoms with van der Waals surface area (Å²) in [4.78, 5) is 19.9. The summed E-state index contributed by atoms with van der Waals surface area (Å²) in [6, 6.07) is 15.2. The van der Waals surface area contributed by atoms with Crippen molar-refractivity contribution in [3.8, 4) is 22.8 Å². The molecule has 0 spiro atoms. The Hall–Kier alpha value is -3.08. The predicted molar refractivity (Wildman–Crippen MR) is 105 cm³/mol. The number of methoxy groups -OCH3 is 2. The molecule has 3 aromatic rings. The summed E-state index contributed by atoms with van der Waals surface area (Å²) >= 11 is 0. The van der Waals surface area contributed by atoms with E-state index >= 15 is 0 Å². The number of carbonyl (C=O) groups excluding carboxylic acids is 1. The van der Waals surface area contributed by atoms with Crippen LogP contribution in [0.3, 0.4) is 0 Å². The first-order valence-electron chi connectivity index (χ1n) is 9.12. The van der Waals surface area contributed by atoms with Gasteiger partial charge in [-0.25, -0.2) is 4.98 Å². The molecule has 1 aromatic heterocycles. The summed E-state index contributed by atoms with van der Waals surface area (Å²) in [5.41, 5.74) is 2.98. The molecule has 138 valence electrons. The second-order valence-electron chi connectivity index (χ2n) is 6.64. The minimum atomic E-state index is 0.0641. The van der Waals surface area contributed by atoms with Gasteiger partial charge in [0.25, 0.3) is 5.91 Å². The molecule has 0 saturated carbocycles. The molecule has 5 nitrogen and oxygen atoms in total. The van der Waals surface area contributed by atoms with Gasteiger partial charge in [0.2, 0.25) is 0 Å². The van der Waals surface area contributed by atoms with Crippen molar-refractivity contribution in [3.63, 3.8) is 0 Å². The highest BCUT2D eigenvalue weighted by molar-refractivity contribution is 6.07. The second kappa shape index (κ2) is 7.27. The van der Waals surface area contributed by atoms with Crippen molar-refractivity contribution < 1.29 is 14.3 Å². The largest absolute Gasteiger partial charge is 0.497 e. The van der Waals surface area contributed by atoms with Gasteiger partial charge in [0, 0.05) is 24.0 Å². The highest BCUT2D eigenvalue weighted by Gasteiger charge is 2.23. The normalized spacial score (nSPS) is 13.8. The first kappa shape index (κ1) is 17.3. The lowest BCUT2D eigenvalue weighted by Gasteiger charge is -2.18. The number of nitrogens with zero attached hydrogens (tertiary/aromatic N) is 2. The fourth-order valence-electron chi connectivity index (χ4n) is 3.60. The first-order chi connectivity index (χ1) is 13.2. The minimum Gasteiger partial charge on any atom is -0.497 e. The van der Waals surface area contributed by atoms with Crippen LogP contribution in [0.5, 0.6) is 11.5 Å². The molecular weight excluding hydrogens is 340 g/mol. The van der Waals surface area contributed by atoms with Crippen molar-refractivity contribution in [2.45, 2.75) is 12.8 Å². The molecule has 0 aliphatic carbocycles. The van der Waals surface area contributed by atoms with Crippen LogP contribution >= 0.6 is 0 Å². The third-order valence-electron chi connectivity index (χ3n) is 5.02. The third-order valence-corrected chi connectivity index (χ3v) is 5.02. The van der Waals surface area contributed by atoms with Gasteiger partial charge in [-0.1, -0.05) is 18.2 Å². The van der Waals surface area contributed by atoms with Gasteiger partial charge in [0.05, 0.1) is 31.0 Å². The number of carbonyl (C=O) groups is 1. The molecule has 0 atom stereocenters. The van der Waals surface area contributed by atoms with Crippen LogP contribution in [-0.4, -0.2) is 43.1 Å². The van der Waals surface area contributed by atoms with Crippen molar-refractivity contribution in [1.29, 1.82) is 0 Å². The first-order valence-corrected chi connectivity index (χ1v) is 9.12. The Balaban J connectivity index is 1.91. The van der Waals surface area contributed by atoms with E-state index in [-0.39, 0.29) is 5.91 Å². The Morgan fingerprint density at radius 1 is 1.00 bits per heavy atom. The van der Waals surface area contributed by atoms with Gasteiger partial charge in [-0.05, 0) is 43.2 Å². The highest BCUT2D eigenvalue weighted by atomic mass is 16.5. The van der Waals surface area contributed by atoms with Crippen LogP contribution in [0.1, 0.15) is 23.2 Å². The second-order valence-corrected chi connectivity index (χ2v) is 6.64. The van der Waals surface area contributed by atoms with Crippen LogP contribution in [0.15, 0.2) is 48.5 Å². The Bertz CT molecular complexity index is 994. The quantitative estimate of drug-likeness (QED) is 0.699. The summed E-state index contributed by atoms with van der Waals surface area (Å²) in [6.07, 6.45) is 2.12. The molecule has 0 unspecified atom stereocenters.